The molecule has 0 radical (unpaired) electrons. The molecule has 104 valence electrons. The van der Waals surface area contributed by atoms with Crippen molar-refractivity contribution >= 4 is 5.96 Å². The Labute approximate surface area is 114 Å². The molecule has 0 saturated heterocycles. The van der Waals surface area contributed by atoms with Crippen LogP contribution in [-0.4, -0.2) is 19.6 Å². The summed E-state index contributed by atoms with van der Waals surface area (Å²) in [5.41, 5.74) is 1.57. The number of guanidine groups is 1. The van der Waals surface area contributed by atoms with Gasteiger partial charge in [0, 0.05) is 20.1 Å². The average molecular weight is 263 g/mol. The van der Waals surface area contributed by atoms with Crippen LogP contribution < -0.4 is 10.6 Å². The zero-order valence-corrected chi connectivity index (χ0v) is 11.8. The number of aryl methyl sites for hydroxylation is 1. The Kier molecular flexibility index (Phi) is 6.64. The second kappa shape index (κ2) is 8.29. The molecule has 0 fully saturated rings. The van der Waals surface area contributed by atoms with E-state index in [4.69, 9.17) is 0 Å². The second-order valence-electron chi connectivity index (χ2n) is 4.29. The number of nitrogens with zero attached hydrogens (tertiary/aromatic N) is 1. The minimum atomic E-state index is -0.171. The summed E-state index contributed by atoms with van der Waals surface area (Å²) < 4.78 is 13.4. The summed E-state index contributed by atoms with van der Waals surface area (Å²) in [4.78, 5) is 4.12. The van der Waals surface area contributed by atoms with Gasteiger partial charge >= 0.3 is 0 Å². The summed E-state index contributed by atoms with van der Waals surface area (Å²) in [6, 6.07) is 5.25. The number of halogens is 1. The number of allylic oxidation sites excluding steroid dienone is 1. The summed E-state index contributed by atoms with van der Waals surface area (Å²) in [5.74, 6) is 0.556. The smallest absolute Gasteiger partial charge is 0.191 e. The zero-order valence-electron chi connectivity index (χ0n) is 11.8. The van der Waals surface area contributed by atoms with Crippen LogP contribution in [0.4, 0.5) is 4.39 Å². The molecule has 0 aromatic heterocycles. The van der Waals surface area contributed by atoms with E-state index in [1.807, 2.05) is 19.1 Å². The van der Waals surface area contributed by atoms with Gasteiger partial charge < -0.3 is 10.6 Å². The number of rotatable bonds is 5. The van der Waals surface area contributed by atoms with Crippen molar-refractivity contribution < 1.29 is 4.39 Å². The van der Waals surface area contributed by atoms with E-state index < -0.39 is 0 Å². The van der Waals surface area contributed by atoms with Gasteiger partial charge in [0.15, 0.2) is 5.96 Å². The Morgan fingerprint density at radius 3 is 2.79 bits per heavy atom. The average Bonchev–Trinajstić information content (AvgIpc) is 2.42. The first-order valence-corrected chi connectivity index (χ1v) is 6.48. The summed E-state index contributed by atoms with van der Waals surface area (Å²) in [7, 11) is 1.72. The summed E-state index contributed by atoms with van der Waals surface area (Å²) >= 11 is 0. The first kappa shape index (κ1) is 15.2. The van der Waals surface area contributed by atoms with Crippen LogP contribution in [-0.2, 0) is 6.54 Å². The maximum Gasteiger partial charge on any atom is 0.191 e. The maximum absolute atomic E-state index is 13.4. The topological polar surface area (TPSA) is 36.4 Å². The molecule has 1 aromatic carbocycles. The molecule has 0 atom stereocenters. The molecule has 0 spiro atoms. The number of nitrogens with one attached hydrogen (secondary N) is 2. The lowest BCUT2D eigenvalue weighted by molar-refractivity contribution is 0.615. The highest BCUT2D eigenvalue weighted by molar-refractivity contribution is 5.79. The van der Waals surface area contributed by atoms with Gasteiger partial charge in [0.1, 0.15) is 5.82 Å². The fourth-order valence-corrected chi connectivity index (χ4v) is 1.59. The number of aliphatic imine (C=N–C) groups is 1. The quantitative estimate of drug-likeness (QED) is 0.371. The van der Waals surface area contributed by atoms with Gasteiger partial charge in [0.2, 0.25) is 0 Å². The van der Waals surface area contributed by atoms with E-state index in [1.165, 1.54) is 0 Å². The molecule has 19 heavy (non-hydrogen) atoms. The van der Waals surface area contributed by atoms with E-state index in [0.29, 0.717) is 12.1 Å². The van der Waals surface area contributed by atoms with E-state index in [0.717, 1.165) is 24.5 Å². The van der Waals surface area contributed by atoms with Crippen LogP contribution in [0.1, 0.15) is 24.5 Å². The Morgan fingerprint density at radius 2 is 2.16 bits per heavy atom. The van der Waals surface area contributed by atoms with Crippen molar-refractivity contribution in [3.63, 3.8) is 0 Å². The number of hydrogen-bond acceptors (Lipinski definition) is 1. The maximum atomic E-state index is 13.4. The summed E-state index contributed by atoms with van der Waals surface area (Å²) in [6.07, 6.45) is 5.07. The van der Waals surface area contributed by atoms with Gasteiger partial charge in [-0.3, -0.25) is 4.99 Å². The first-order valence-electron chi connectivity index (χ1n) is 6.48. The van der Waals surface area contributed by atoms with Crippen LogP contribution in [0, 0.1) is 12.7 Å². The highest BCUT2D eigenvalue weighted by Crippen LogP contribution is 2.08. The Bertz CT molecular complexity index is 453. The first-order chi connectivity index (χ1) is 9.17. The standard InChI is InChI=1S/C15H22FN3/c1-4-5-6-9-18-15(17-3)19-11-13-8-7-12(2)14(16)10-13/h4-5,7-8,10H,6,9,11H2,1-3H3,(H2,17,18,19)/b5-4+. The lowest BCUT2D eigenvalue weighted by Gasteiger charge is -2.11. The molecule has 0 saturated carbocycles. The highest BCUT2D eigenvalue weighted by atomic mass is 19.1. The van der Waals surface area contributed by atoms with Gasteiger partial charge in [-0.1, -0.05) is 24.3 Å². The fraction of sp³-hybridized carbons (Fsp3) is 0.400. The molecule has 2 N–H and O–H groups in total. The molecule has 0 aliphatic rings. The molecule has 0 aliphatic carbocycles. The van der Waals surface area contributed by atoms with E-state index >= 15 is 0 Å². The molecule has 0 bridgehead atoms. The monoisotopic (exact) mass is 263 g/mol. The zero-order chi connectivity index (χ0) is 14.1. The summed E-state index contributed by atoms with van der Waals surface area (Å²) in [5, 5.41) is 6.35. The predicted octanol–water partition coefficient (Wildman–Crippen LogP) is 2.77. The SMILES string of the molecule is C/C=C/CCNC(=NC)NCc1ccc(C)c(F)c1. The van der Waals surface area contributed by atoms with Crippen LogP contribution in [0.25, 0.3) is 0 Å². The molecule has 0 heterocycles. The van der Waals surface area contributed by atoms with E-state index in [1.54, 1.807) is 26.1 Å². The highest BCUT2D eigenvalue weighted by Gasteiger charge is 2.01. The second-order valence-corrected chi connectivity index (χ2v) is 4.29. The number of hydrogen-bond donors (Lipinski definition) is 2. The van der Waals surface area contributed by atoms with Gasteiger partial charge in [-0.05, 0) is 37.5 Å². The Hall–Kier alpha value is -1.84. The van der Waals surface area contributed by atoms with E-state index in [9.17, 15) is 4.39 Å². The van der Waals surface area contributed by atoms with E-state index in [2.05, 4.69) is 21.7 Å². The minimum absolute atomic E-state index is 0.171. The van der Waals surface area contributed by atoms with Crippen LogP contribution in [0.3, 0.4) is 0 Å². The Morgan fingerprint density at radius 1 is 1.37 bits per heavy atom. The molecule has 0 amide bonds. The van der Waals surface area contributed by atoms with Crippen LogP contribution in [0.2, 0.25) is 0 Å². The minimum Gasteiger partial charge on any atom is -0.356 e. The molecular weight excluding hydrogens is 241 g/mol. The van der Waals surface area contributed by atoms with Gasteiger partial charge in [0.25, 0.3) is 0 Å². The van der Waals surface area contributed by atoms with Gasteiger partial charge in [-0.2, -0.15) is 0 Å². The molecular formula is C15H22FN3. The predicted molar refractivity (Wildman–Crippen MR) is 78.8 cm³/mol. The van der Waals surface area contributed by atoms with Gasteiger partial charge in [-0.25, -0.2) is 4.39 Å². The van der Waals surface area contributed by atoms with Crippen molar-refractivity contribution in [2.75, 3.05) is 13.6 Å². The van der Waals surface area contributed by atoms with Crippen LogP contribution >= 0.6 is 0 Å². The Balaban J connectivity index is 2.42. The van der Waals surface area contributed by atoms with Crippen molar-refractivity contribution in [3.8, 4) is 0 Å². The van der Waals surface area contributed by atoms with Crippen molar-refractivity contribution in [2.24, 2.45) is 4.99 Å². The normalized spacial score (nSPS) is 11.9. The lowest BCUT2D eigenvalue weighted by atomic mass is 10.1. The third-order valence-electron chi connectivity index (χ3n) is 2.76. The van der Waals surface area contributed by atoms with E-state index in [-0.39, 0.29) is 5.82 Å². The van der Waals surface area contributed by atoms with Crippen molar-refractivity contribution in [2.45, 2.75) is 26.8 Å². The van der Waals surface area contributed by atoms with Crippen LogP contribution in [0.15, 0.2) is 35.3 Å². The third kappa shape index (κ3) is 5.55. The molecule has 1 rings (SSSR count). The largest absolute Gasteiger partial charge is 0.356 e. The molecule has 0 aliphatic heterocycles. The van der Waals surface area contributed by atoms with Gasteiger partial charge in [-0.15, -0.1) is 0 Å². The van der Waals surface area contributed by atoms with Crippen molar-refractivity contribution in [1.29, 1.82) is 0 Å². The molecule has 3 nitrogen and oxygen atoms in total. The van der Waals surface area contributed by atoms with Crippen molar-refractivity contribution in [1.82, 2.24) is 10.6 Å². The third-order valence-corrected chi connectivity index (χ3v) is 2.76. The fourth-order valence-electron chi connectivity index (χ4n) is 1.59. The van der Waals surface area contributed by atoms with Gasteiger partial charge in [0.05, 0.1) is 0 Å². The van der Waals surface area contributed by atoms with Crippen molar-refractivity contribution in [3.05, 3.63) is 47.3 Å². The molecule has 1 aromatic rings. The lowest BCUT2D eigenvalue weighted by Crippen LogP contribution is -2.37. The molecule has 0 unspecified atom stereocenters. The number of benzene rings is 1. The summed E-state index contributed by atoms with van der Waals surface area (Å²) in [6.45, 7) is 5.14. The molecule has 4 heteroatoms. The van der Waals surface area contributed by atoms with Crippen LogP contribution in [0.5, 0.6) is 0 Å².